The van der Waals surface area contributed by atoms with E-state index in [9.17, 15) is 9.59 Å². The molecule has 0 aliphatic carbocycles. The number of carbonyl (C=O) groups excluding carboxylic acids is 2. The summed E-state index contributed by atoms with van der Waals surface area (Å²) in [6.07, 6.45) is 1.44. The summed E-state index contributed by atoms with van der Waals surface area (Å²) in [5.74, 6) is 0.00597. The first-order chi connectivity index (χ1) is 13.5. The number of nitrogens with one attached hydrogen (secondary N) is 2. The summed E-state index contributed by atoms with van der Waals surface area (Å²) in [5, 5.41) is 5.62. The van der Waals surface area contributed by atoms with Crippen molar-refractivity contribution in [3.8, 4) is 5.75 Å². The van der Waals surface area contributed by atoms with E-state index in [4.69, 9.17) is 4.74 Å². The number of nitrogens with zero attached hydrogens (tertiary/aromatic N) is 1. The Balaban J connectivity index is 1.73. The van der Waals surface area contributed by atoms with Gasteiger partial charge in [-0.25, -0.2) is 0 Å². The molecule has 0 unspecified atom stereocenters. The van der Waals surface area contributed by atoms with Crippen molar-refractivity contribution in [2.45, 2.75) is 13.8 Å². The molecule has 3 aromatic rings. The first kappa shape index (κ1) is 19.1. The molecule has 0 saturated carbocycles. The van der Waals surface area contributed by atoms with Crippen LogP contribution in [0.3, 0.4) is 0 Å². The topological polar surface area (TPSA) is 80.3 Å². The van der Waals surface area contributed by atoms with Crippen molar-refractivity contribution in [3.05, 3.63) is 83.2 Å². The zero-order chi connectivity index (χ0) is 20.1. The zero-order valence-corrected chi connectivity index (χ0v) is 15.9. The lowest BCUT2D eigenvalue weighted by molar-refractivity contribution is 0.102. The number of carbonyl (C=O) groups is 2. The van der Waals surface area contributed by atoms with Crippen LogP contribution in [0.15, 0.2) is 60.8 Å². The second-order valence-corrected chi connectivity index (χ2v) is 6.38. The minimum Gasteiger partial charge on any atom is -0.497 e. The van der Waals surface area contributed by atoms with Crippen LogP contribution in [0.25, 0.3) is 0 Å². The molecule has 142 valence electrons. The maximum absolute atomic E-state index is 12.5. The van der Waals surface area contributed by atoms with Gasteiger partial charge in [-0.05, 0) is 61.9 Å². The van der Waals surface area contributed by atoms with Crippen molar-refractivity contribution < 1.29 is 14.3 Å². The number of aromatic nitrogens is 1. The number of pyridine rings is 1. The fraction of sp³-hybridized carbons (Fsp3) is 0.136. The summed E-state index contributed by atoms with van der Waals surface area (Å²) < 4.78 is 5.10. The van der Waals surface area contributed by atoms with Gasteiger partial charge in [-0.3, -0.25) is 14.6 Å². The van der Waals surface area contributed by atoms with Gasteiger partial charge in [0.25, 0.3) is 11.8 Å². The number of amides is 2. The van der Waals surface area contributed by atoms with Crippen LogP contribution in [0.5, 0.6) is 5.75 Å². The van der Waals surface area contributed by atoms with Crippen molar-refractivity contribution >= 4 is 23.2 Å². The predicted molar refractivity (Wildman–Crippen MR) is 109 cm³/mol. The number of aryl methyl sites for hydroxylation is 2. The molecule has 0 spiro atoms. The van der Waals surface area contributed by atoms with E-state index >= 15 is 0 Å². The minimum absolute atomic E-state index is 0.169. The molecule has 0 bridgehead atoms. The molecule has 1 heterocycles. The molecular formula is C22H21N3O3. The summed E-state index contributed by atoms with van der Waals surface area (Å²) in [6.45, 7) is 3.92. The smallest absolute Gasteiger partial charge is 0.274 e. The lowest BCUT2D eigenvalue weighted by Gasteiger charge is -2.10. The summed E-state index contributed by atoms with van der Waals surface area (Å²) >= 11 is 0. The van der Waals surface area contributed by atoms with E-state index in [1.807, 2.05) is 32.0 Å². The van der Waals surface area contributed by atoms with Crippen molar-refractivity contribution in [1.29, 1.82) is 0 Å². The van der Waals surface area contributed by atoms with Gasteiger partial charge in [0.1, 0.15) is 11.4 Å². The monoisotopic (exact) mass is 375 g/mol. The molecule has 0 radical (unpaired) electrons. The Bertz CT molecular complexity index is 1010. The van der Waals surface area contributed by atoms with Gasteiger partial charge in [0.15, 0.2) is 0 Å². The average molecular weight is 375 g/mol. The van der Waals surface area contributed by atoms with Crippen molar-refractivity contribution in [1.82, 2.24) is 4.98 Å². The molecule has 1 aromatic heterocycles. The maximum atomic E-state index is 12.5. The van der Waals surface area contributed by atoms with Gasteiger partial charge in [0, 0.05) is 23.1 Å². The highest BCUT2D eigenvalue weighted by atomic mass is 16.5. The number of hydrogen-bond acceptors (Lipinski definition) is 4. The summed E-state index contributed by atoms with van der Waals surface area (Å²) in [6, 6.07) is 15.8. The fourth-order valence-corrected chi connectivity index (χ4v) is 2.71. The van der Waals surface area contributed by atoms with Crippen LogP contribution in [-0.4, -0.2) is 23.9 Å². The van der Waals surface area contributed by atoms with E-state index in [1.165, 1.54) is 12.3 Å². The Kier molecular flexibility index (Phi) is 5.69. The quantitative estimate of drug-likeness (QED) is 0.700. The highest BCUT2D eigenvalue weighted by Gasteiger charge is 2.13. The summed E-state index contributed by atoms with van der Waals surface area (Å²) in [4.78, 5) is 29.1. The van der Waals surface area contributed by atoms with Crippen LogP contribution < -0.4 is 15.4 Å². The van der Waals surface area contributed by atoms with Crippen molar-refractivity contribution in [3.63, 3.8) is 0 Å². The van der Waals surface area contributed by atoms with Gasteiger partial charge in [-0.15, -0.1) is 0 Å². The molecule has 6 heteroatoms. The molecule has 2 aromatic carbocycles. The third kappa shape index (κ3) is 4.54. The van der Waals surface area contributed by atoms with Crippen molar-refractivity contribution in [2.24, 2.45) is 0 Å². The highest BCUT2D eigenvalue weighted by molar-refractivity contribution is 6.08. The molecule has 2 amide bonds. The minimum atomic E-state index is -0.369. The van der Waals surface area contributed by atoms with E-state index in [1.54, 1.807) is 37.4 Å². The normalized spacial score (nSPS) is 10.2. The molecule has 0 saturated heterocycles. The van der Waals surface area contributed by atoms with E-state index in [2.05, 4.69) is 15.6 Å². The van der Waals surface area contributed by atoms with Crippen LogP contribution in [0.4, 0.5) is 11.4 Å². The molecule has 28 heavy (non-hydrogen) atoms. The Hall–Kier alpha value is -3.67. The Morgan fingerprint density at radius 2 is 1.64 bits per heavy atom. The molecule has 0 aliphatic rings. The Morgan fingerprint density at radius 3 is 2.32 bits per heavy atom. The fourth-order valence-electron chi connectivity index (χ4n) is 2.71. The number of anilines is 2. The first-order valence-corrected chi connectivity index (χ1v) is 8.76. The number of ether oxygens (including phenoxy) is 1. The second-order valence-electron chi connectivity index (χ2n) is 6.38. The Morgan fingerprint density at radius 1 is 0.893 bits per heavy atom. The van der Waals surface area contributed by atoms with E-state index in [0.29, 0.717) is 22.7 Å². The number of benzene rings is 2. The maximum Gasteiger partial charge on any atom is 0.274 e. The molecule has 2 N–H and O–H groups in total. The van der Waals surface area contributed by atoms with Crippen LogP contribution in [0.2, 0.25) is 0 Å². The van der Waals surface area contributed by atoms with Crippen LogP contribution in [-0.2, 0) is 0 Å². The molecular weight excluding hydrogens is 354 g/mol. The number of hydrogen-bond donors (Lipinski definition) is 2. The SMILES string of the molecule is COc1ccc(NC(=O)c2ccnc(C(=O)Nc3ccc(C)cc3C)c2)cc1. The number of rotatable bonds is 5. The van der Waals surface area contributed by atoms with Crippen molar-refractivity contribution in [2.75, 3.05) is 17.7 Å². The molecule has 0 aliphatic heterocycles. The lowest BCUT2D eigenvalue weighted by atomic mass is 10.1. The van der Waals surface area contributed by atoms with Gasteiger partial charge in [-0.2, -0.15) is 0 Å². The first-order valence-electron chi connectivity index (χ1n) is 8.76. The summed E-state index contributed by atoms with van der Waals surface area (Å²) in [5.41, 5.74) is 3.93. The summed E-state index contributed by atoms with van der Waals surface area (Å²) in [7, 11) is 1.58. The van der Waals surface area contributed by atoms with Gasteiger partial charge < -0.3 is 15.4 Å². The lowest BCUT2D eigenvalue weighted by Crippen LogP contribution is -2.17. The molecule has 6 nitrogen and oxygen atoms in total. The van der Waals surface area contributed by atoms with Crippen LogP contribution >= 0.6 is 0 Å². The highest BCUT2D eigenvalue weighted by Crippen LogP contribution is 2.18. The average Bonchev–Trinajstić information content (AvgIpc) is 2.70. The number of methoxy groups -OCH3 is 1. The third-order valence-electron chi connectivity index (χ3n) is 4.23. The zero-order valence-electron chi connectivity index (χ0n) is 15.9. The largest absolute Gasteiger partial charge is 0.497 e. The third-order valence-corrected chi connectivity index (χ3v) is 4.23. The molecule has 3 rings (SSSR count). The predicted octanol–water partition coefficient (Wildman–Crippen LogP) is 4.21. The molecule has 0 fully saturated rings. The van der Waals surface area contributed by atoms with E-state index < -0.39 is 0 Å². The van der Waals surface area contributed by atoms with Crippen LogP contribution in [0.1, 0.15) is 32.0 Å². The van der Waals surface area contributed by atoms with Gasteiger partial charge >= 0.3 is 0 Å². The van der Waals surface area contributed by atoms with Gasteiger partial charge in [0.05, 0.1) is 7.11 Å². The van der Waals surface area contributed by atoms with E-state index in [0.717, 1.165) is 11.1 Å². The van der Waals surface area contributed by atoms with Crippen LogP contribution in [0, 0.1) is 13.8 Å². The van der Waals surface area contributed by atoms with Gasteiger partial charge in [-0.1, -0.05) is 17.7 Å². The van der Waals surface area contributed by atoms with Gasteiger partial charge in [0.2, 0.25) is 0 Å². The second kappa shape index (κ2) is 8.35. The standard InChI is InChI=1S/C22H21N3O3/c1-14-4-9-19(15(2)12-14)25-22(27)20-13-16(10-11-23-20)21(26)24-17-5-7-18(28-3)8-6-17/h4-13H,1-3H3,(H,24,26)(H,25,27). The van der Waals surface area contributed by atoms with E-state index in [-0.39, 0.29) is 17.5 Å². The molecule has 0 atom stereocenters. The Labute approximate surface area is 163 Å².